The molecule has 10 heteroatoms. The van der Waals surface area contributed by atoms with Gasteiger partial charge in [0.15, 0.2) is 0 Å². The Morgan fingerprint density at radius 2 is 1.60 bits per heavy atom. The van der Waals surface area contributed by atoms with E-state index in [1.807, 2.05) is 5.32 Å². The van der Waals surface area contributed by atoms with E-state index in [1.54, 1.807) is 51.1 Å². The van der Waals surface area contributed by atoms with Crippen LogP contribution in [0.25, 0.3) is 0 Å². The number of halogens is 3. The Labute approximate surface area is 173 Å². The molecule has 2 atom stereocenters. The Bertz CT molecular complexity index is 717. The average Bonchev–Trinajstić information content (AvgIpc) is 2.59. The largest absolute Gasteiger partial charge is 0.464 e. The first kappa shape index (κ1) is 25.3. The number of rotatable bonds is 8. The minimum Gasteiger partial charge on any atom is -0.464 e. The second-order valence-corrected chi connectivity index (χ2v) is 7.52. The molecule has 0 aliphatic heterocycles. The summed E-state index contributed by atoms with van der Waals surface area (Å²) in [5.41, 5.74) is -0.195. The molecule has 0 fully saturated rings. The summed E-state index contributed by atoms with van der Waals surface area (Å²) in [5, 5.41) is 4.40. The number of amides is 2. The number of hydrogen-bond acceptors (Lipinski definition) is 5. The third-order valence-electron chi connectivity index (χ3n) is 3.61. The van der Waals surface area contributed by atoms with Gasteiger partial charge in [-0.25, -0.2) is 9.59 Å². The molecule has 30 heavy (non-hydrogen) atoms. The standard InChI is InChI=1S/C20H27F3N2O5/c1-5-29-17(27)15(12-20(21,22)23)24-16(26)14(11-13-9-7-6-8-10-13)25-18(28)30-19(2,3)4/h6-10,14-15H,5,11-12H2,1-4H3,(H,24,26)(H,25,28)/t14-,15-/m1/s1. The van der Waals surface area contributed by atoms with E-state index in [2.05, 4.69) is 10.1 Å². The van der Waals surface area contributed by atoms with Crippen molar-refractivity contribution in [2.45, 2.75) is 64.4 Å². The molecule has 2 amide bonds. The number of alkyl carbamates (subject to hydrolysis) is 1. The summed E-state index contributed by atoms with van der Waals surface area (Å²) >= 11 is 0. The third kappa shape index (κ3) is 10.1. The highest BCUT2D eigenvalue weighted by molar-refractivity contribution is 5.90. The zero-order valence-electron chi connectivity index (χ0n) is 17.3. The molecule has 1 aromatic rings. The fraction of sp³-hybridized carbons (Fsp3) is 0.550. The van der Waals surface area contributed by atoms with Crippen LogP contribution in [-0.2, 0) is 25.5 Å². The van der Waals surface area contributed by atoms with E-state index in [4.69, 9.17) is 4.74 Å². The van der Waals surface area contributed by atoms with Gasteiger partial charge in [-0.05, 0) is 33.3 Å². The summed E-state index contributed by atoms with van der Waals surface area (Å²) in [4.78, 5) is 36.7. The van der Waals surface area contributed by atoms with Crippen LogP contribution in [0.5, 0.6) is 0 Å². The molecule has 2 N–H and O–H groups in total. The van der Waals surface area contributed by atoms with E-state index in [-0.39, 0.29) is 13.0 Å². The van der Waals surface area contributed by atoms with Crippen LogP contribution >= 0.6 is 0 Å². The molecule has 0 aromatic heterocycles. The van der Waals surface area contributed by atoms with Crippen LogP contribution in [0, 0.1) is 0 Å². The summed E-state index contributed by atoms with van der Waals surface area (Å²) in [7, 11) is 0. The second kappa shape index (κ2) is 10.8. The summed E-state index contributed by atoms with van der Waals surface area (Å²) in [6.07, 6.45) is -7.24. The molecular weight excluding hydrogens is 405 g/mol. The van der Waals surface area contributed by atoms with E-state index in [0.29, 0.717) is 5.56 Å². The maximum Gasteiger partial charge on any atom is 0.408 e. The van der Waals surface area contributed by atoms with Crippen LogP contribution in [-0.4, -0.2) is 48.4 Å². The van der Waals surface area contributed by atoms with E-state index in [9.17, 15) is 27.6 Å². The van der Waals surface area contributed by atoms with Gasteiger partial charge in [-0.1, -0.05) is 30.3 Å². The van der Waals surface area contributed by atoms with Crippen molar-refractivity contribution < 1.29 is 37.0 Å². The number of benzene rings is 1. The number of ether oxygens (including phenoxy) is 2. The van der Waals surface area contributed by atoms with Gasteiger partial charge in [0, 0.05) is 6.42 Å². The lowest BCUT2D eigenvalue weighted by molar-refractivity contribution is -0.163. The van der Waals surface area contributed by atoms with Crippen molar-refractivity contribution in [2.75, 3.05) is 6.61 Å². The fourth-order valence-corrected chi connectivity index (χ4v) is 2.45. The van der Waals surface area contributed by atoms with Gasteiger partial charge in [0.2, 0.25) is 5.91 Å². The Balaban J connectivity index is 3.02. The molecular formula is C20H27F3N2O5. The van der Waals surface area contributed by atoms with Gasteiger partial charge in [0.05, 0.1) is 13.0 Å². The summed E-state index contributed by atoms with van der Waals surface area (Å²) in [5.74, 6) is -2.18. The Morgan fingerprint density at radius 1 is 1.00 bits per heavy atom. The summed E-state index contributed by atoms with van der Waals surface area (Å²) < 4.78 is 48.3. The highest BCUT2D eigenvalue weighted by Crippen LogP contribution is 2.22. The lowest BCUT2D eigenvalue weighted by atomic mass is 10.0. The van der Waals surface area contributed by atoms with Crippen molar-refractivity contribution in [2.24, 2.45) is 0 Å². The van der Waals surface area contributed by atoms with Gasteiger partial charge in [-0.2, -0.15) is 13.2 Å². The molecule has 0 aliphatic rings. The Morgan fingerprint density at radius 3 is 2.10 bits per heavy atom. The Kier molecular flexibility index (Phi) is 9.13. The smallest absolute Gasteiger partial charge is 0.408 e. The minimum atomic E-state index is -4.71. The SMILES string of the molecule is CCOC(=O)[C@@H](CC(F)(F)F)NC(=O)[C@@H](Cc1ccccc1)NC(=O)OC(C)(C)C. The molecule has 0 saturated carbocycles. The zero-order chi connectivity index (χ0) is 22.9. The third-order valence-corrected chi connectivity index (χ3v) is 3.61. The predicted molar refractivity (Wildman–Crippen MR) is 103 cm³/mol. The monoisotopic (exact) mass is 432 g/mol. The highest BCUT2D eigenvalue weighted by Gasteiger charge is 2.38. The van der Waals surface area contributed by atoms with Gasteiger partial charge >= 0.3 is 18.2 Å². The van der Waals surface area contributed by atoms with Crippen molar-refractivity contribution in [3.05, 3.63) is 35.9 Å². The number of alkyl halides is 3. The van der Waals surface area contributed by atoms with Crippen LogP contribution in [0.4, 0.5) is 18.0 Å². The van der Waals surface area contributed by atoms with Crippen LogP contribution in [0.3, 0.4) is 0 Å². The number of carbonyl (C=O) groups is 3. The topological polar surface area (TPSA) is 93.7 Å². The number of nitrogens with one attached hydrogen (secondary N) is 2. The number of carbonyl (C=O) groups excluding carboxylic acids is 3. The van der Waals surface area contributed by atoms with Crippen molar-refractivity contribution in [3.8, 4) is 0 Å². The summed E-state index contributed by atoms with van der Waals surface area (Å²) in [6, 6.07) is 5.35. The van der Waals surface area contributed by atoms with Gasteiger partial charge in [-0.15, -0.1) is 0 Å². The quantitative estimate of drug-likeness (QED) is 0.616. The van der Waals surface area contributed by atoms with Gasteiger partial charge in [0.1, 0.15) is 17.7 Å². The Hall–Kier alpha value is -2.78. The minimum absolute atomic E-state index is 0.0204. The maximum atomic E-state index is 12.9. The lowest BCUT2D eigenvalue weighted by Gasteiger charge is -2.25. The molecule has 0 heterocycles. The zero-order valence-corrected chi connectivity index (χ0v) is 17.3. The summed E-state index contributed by atoms with van der Waals surface area (Å²) in [6.45, 7) is 6.16. The highest BCUT2D eigenvalue weighted by atomic mass is 19.4. The van der Waals surface area contributed by atoms with Crippen LogP contribution in [0.2, 0.25) is 0 Å². The van der Waals surface area contributed by atoms with Crippen molar-refractivity contribution in [3.63, 3.8) is 0 Å². The van der Waals surface area contributed by atoms with Crippen LogP contribution < -0.4 is 10.6 Å². The number of hydrogen-bond donors (Lipinski definition) is 2. The van der Waals surface area contributed by atoms with E-state index >= 15 is 0 Å². The average molecular weight is 432 g/mol. The van der Waals surface area contributed by atoms with Crippen molar-refractivity contribution in [1.29, 1.82) is 0 Å². The predicted octanol–water partition coefficient (Wildman–Crippen LogP) is 3.12. The van der Waals surface area contributed by atoms with Gasteiger partial charge in [-0.3, -0.25) is 4.79 Å². The fourth-order valence-electron chi connectivity index (χ4n) is 2.45. The molecule has 0 radical (unpaired) electrons. The lowest BCUT2D eigenvalue weighted by Crippen LogP contribution is -2.54. The molecule has 0 bridgehead atoms. The molecule has 0 saturated heterocycles. The molecule has 1 aromatic carbocycles. The van der Waals surface area contributed by atoms with Gasteiger partial charge < -0.3 is 20.1 Å². The first-order chi connectivity index (χ1) is 13.8. The van der Waals surface area contributed by atoms with E-state index in [1.165, 1.54) is 6.92 Å². The number of esters is 1. The first-order valence-electron chi connectivity index (χ1n) is 9.38. The molecule has 1 rings (SSSR count). The van der Waals surface area contributed by atoms with Crippen LogP contribution in [0.15, 0.2) is 30.3 Å². The normalized spacial score (nSPS) is 13.7. The molecule has 168 valence electrons. The van der Waals surface area contributed by atoms with E-state index < -0.39 is 48.3 Å². The van der Waals surface area contributed by atoms with E-state index in [0.717, 1.165) is 0 Å². The maximum absolute atomic E-state index is 12.9. The van der Waals surface area contributed by atoms with Crippen molar-refractivity contribution in [1.82, 2.24) is 10.6 Å². The van der Waals surface area contributed by atoms with Gasteiger partial charge in [0.25, 0.3) is 0 Å². The van der Waals surface area contributed by atoms with Crippen molar-refractivity contribution >= 4 is 18.0 Å². The molecule has 0 aliphatic carbocycles. The van der Waals surface area contributed by atoms with Crippen LogP contribution in [0.1, 0.15) is 39.7 Å². The molecule has 0 unspecified atom stereocenters. The molecule has 7 nitrogen and oxygen atoms in total. The second-order valence-electron chi connectivity index (χ2n) is 7.52. The first-order valence-corrected chi connectivity index (χ1v) is 9.38. The molecule has 0 spiro atoms.